The molecule has 0 spiro atoms. The van der Waals surface area contributed by atoms with Gasteiger partial charge in [-0.25, -0.2) is 5.10 Å². The van der Waals surface area contributed by atoms with Crippen LogP contribution in [0.25, 0.3) is 0 Å². The van der Waals surface area contributed by atoms with E-state index >= 15 is 0 Å². The van der Waals surface area contributed by atoms with E-state index in [-0.39, 0.29) is 29.9 Å². The Balaban J connectivity index is 1.53. The predicted molar refractivity (Wildman–Crippen MR) is 107 cm³/mol. The van der Waals surface area contributed by atoms with Gasteiger partial charge in [-0.2, -0.15) is 5.10 Å². The molecule has 4 saturated carbocycles. The highest BCUT2D eigenvalue weighted by molar-refractivity contribution is 5.95. The molecule has 1 aromatic heterocycles. The molecule has 2 N–H and O–H groups in total. The minimum absolute atomic E-state index is 0.0743. The first-order valence-electron chi connectivity index (χ1n) is 10.9. The molecule has 0 aliphatic heterocycles. The van der Waals surface area contributed by atoms with Crippen LogP contribution in [0.2, 0.25) is 0 Å². The summed E-state index contributed by atoms with van der Waals surface area (Å²) in [7, 11) is 0. The Morgan fingerprint density at radius 3 is 2.34 bits per heavy atom. The SMILES string of the molecule is CCOC(=O)[C@H](CNC(=O)c1c(C)c(C)n[nH]c1=O)C1C2CC3CC(C2)CC1C3. The number of rotatable bonds is 6. The molecule has 0 unspecified atom stereocenters. The van der Waals surface area contributed by atoms with Crippen molar-refractivity contribution in [1.82, 2.24) is 15.5 Å². The number of aryl methyl sites for hydroxylation is 1. The Bertz CT molecular complexity index is 834. The van der Waals surface area contributed by atoms with Crippen molar-refractivity contribution in [2.75, 3.05) is 13.2 Å². The standard InChI is InChI=1S/C22H31N3O4/c1-4-29-22(28)17(19-15-6-13-5-14(8-15)9-16(19)7-13)10-23-20(26)18-11(2)12(3)24-25-21(18)27/h13-17,19H,4-10H2,1-3H3,(H,23,26)(H,25,27)/t13?,14?,15?,16?,17-,19?/m1/s1. The molecule has 158 valence electrons. The second kappa shape index (κ2) is 7.92. The van der Waals surface area contributed by atoms with Crippen molar-refractivity contribution in [3.63, 3.8) is 0 Å². The third-order valence-electron chi connectivity index (χ3n) is 7.53. The van der Waals surface area contributed by atoms with E-state index < -0.39 is 11.5 Å². The normalized spacial score (nSPS) is 30.8. The van der Waals surface area contributed by atoms with Crippen LogP contribution in [0.3, 0.4) is 0 Å². The highest BCUT2D eigenvalue weighted by Crippen LogP contribution is 2.58. The van der Waals surface area contributed by atoms with Crippen LogP contribution in [-0.2, 0) is 9.53 Å². The maximum Gasteiger partial charge on any atom is 0.311 e. The Hall–Kier alpha value is -2.18. The van der Waals surface area contributed by atoms with E-state index in [0.717, 1.165) is 11.8 Å². The molecule has 0 saturated heterocycles. The van der Waals surface area contributed by atoms with Crippen molar-refractivity contribution in [3.8, 4) is 0 Å². The zero-order valence-electron chi connectivity index (χ0n) is 17.5. The Morgan fingerprint density at radius 2 is 1.76 bits per heavy atom. The van der Waals surface area contributed by atoms with Crippen molar-refractivity contribution < 1.29 is 14.3 Å². The predicted octanol–water partition coefficient (Wildman–Crippen LogP) is 2.37. The first kappa shape index (κ1) is 20.1. The van der Waals surface area contributed by atoms with Crippen LogP contribution in [0.5, 0.6) is 0 Å². The third kappa shape index (κ3) is 3.71. The van der Waals surface area contributed by atoms with E-state index in [2.05, 4.69) is 15.5 Å². The van der Waals surface area contributed by atoms with Gasteiger partial charge in [-0.3, -0.25) is 14.4 Å². The third-order valence-corrected chi connectivity index (χ3v) is 7.53. The molecule has 1 atom stereocenters. The number of nitrogens with zero attached hydrogens (tertiary/aromatic N) is 1. The van der Waals surface area contributed by atoms with Gasteiger partial charge in [0, 0.05) is 6.54 Å². The molecule has 0 aromatic carbocycles. The number of aromatic nitrogens is 2. The van der Waals surface area contributed by atoms with Crippen molar-refractivity contribution in [2.24, 2.45) is 35.5 Å². The van der Waals surface area contributed by atoms with E-state index in [0.29, 0.717) is 29.7 Å². The summed E-state index contributed by atoms with van der Waals surface area (Å²) in [6.07, 6.45) is 6.14. The summed E-state index contributed by atoms with van der Waals surface area (Å²) in [5.41, 5.74) is 0.740. The smallest absolute Gasteiger partial charge is 0.311 e. The quantitative estimate of drug-likeness (QED) is 0.713. The average Bonchev–Trinajstić information content (AvgIpc) is 2.66. The molecule has 29 heavy (non-hydrogen) atoms. The van der Waals surface area contributed by atoms with Gasteiger partial charge in [-0.1, -0.05) is 0 Å². The molecular weight excluding hydrogens is 370 g/mol. The number of nitrogens with one attached hydrogen (secondary N) is 2. The van der Waals surface area contributed by atoms with Crippen molar-refractivity contribution in [1.29, 1.82) is 0 Å². The molecule has 7 heteroatoms. The van der Waals surface area contributed by atoms with Crippen molar-refractivity contribution >= 4 is 11.9 Å². The zero-order valence-corrected chi connectivity index (χ0v) is 17.5. The lowest BCUT2D eigenvalue weighted by Gasteiger charge is -2.56. The summed E-state index contributed by atoms with van der Waals surface area (Å²) in [6, 6.07) is 0. The number of H-pyrrole nitrogens is 1. The second-order valence-electron chi connectivity index (χ2n) is 9.21. The van der Waals surface area contributed by atoms with Gasteiger partial charge in [0.05, 0.1) is 18.2 Å². The van der Waals surface area contributed by atoms with Gasteiger partial charge in [-0.05, 0) is 88.0 Å². The summed E-state index contributed by atoms with van der Waals surface area (Å²) >= 11 is 0. The van der Waals surface area contributed by atoms with Crippen LogP contribution in [0.1, 0.15) is 60.6 Å². The van der Waals surface area contributed by atoms with Gasteiger partial charge in [0.1, 0.15) is 5.56 Å². The molecule has 4 bridgehead atoms. The summed E-state index contributed by atoms with van der Waals surface area (Å²) in [6.45, 7) is 5.82. The molecule has 1 heterocycles. The number of carbonyl (C=O) groups is 2. The highest BCUT2D eigenvalue weighted by Gasteiger charge is 2.52. The molecule has 4 aliphatic carbocycles. The monoisotopic (exact) mass is 401 g/mol. The molecule has 4 aliphatic rings. The van der Waals surface area contributed by atoms with Crippen LogP contribution in [0.4, 0.5) is 0 Å². The average molecular weight is 402 g/mol. The van der Waals surface area contributed by atoms with Gasteiger partial charge in [0.15, 0.2) is 0 Å². The number of amides is 1. The number of ether oxygens (including phenoxy) is 1. The Kier molecular flexibility index (Phi) is 5.49. The van der Waals surface area contributed by atoms with Gasteiger partial charge < -0.3 is 10.1 Å². The van der Waals surface area contributed by atoms with Crippen molar-refractivity contribution in [2.45, 2.75) is 52.9 Å². The van der Waals surface area contributed by atoms with E-state index in [1.54, 1.807) is 13.8 Å². The fourth-order valence-corrected chi connectivity index (χ4v) is 6.44. The number of esters is 1. The molecular formula is C22H31N3O4. The first-order valence-corrected chi connectivity index (χ1v) is 10.9. The van der Waals surface area contributed by atoms with Crippen LogP contribution < -0.4 is 10.9 Å². The topological polar surface area (TPSA) is 101 Å². The largest absolute Gasteiger partial charge is 0.466 e. The summed E-state index contributed by atoms with van der Waals surface area (Å²) in [5, 5.41) is 9.14. The van der Waals surface area contributed by atoms with E-state index in [1.165, 1.54) is 32.1 Å². The molecule has 1 amide bonds. The Labute approximate surface area is 171 Å². The molecule has 7 nitrogen and oxygen atoms in total. The van der Waals surface area contributed by atoms with Crippen molar-refractivity contribution in [3.05, 3.63) is 27.2 Å². The van der Waals surface area contributed by atoms with Crippen LogP contribution in [0, 0.1) is 49.4 Å². The molecule has 5 rings (SSSR count). The molecule has 1 aromatic rings. The first-order chi connectivity index (χ1) is 13.9. The van der Waals surface area contributed by atoms with Crippen LogP contribution in [-0.4, -0.2) is 35.2 Å². The zero-order chi connectivity index (χ0) is 20.7. The lowest BCUT2D eigenvalue weighted by atomic mass is 9.49. The lowest BCUT2D eigenvalue weighted by Crippen LogP contribution is -2.52. The minimum atomic E-state index is -0.507. The molecule has 0 radical (unpaired) electrons. The van der Waals surface area contributed by atoms with E-state index in [9.17, 15) is 14.4 Å². The maximum absolute atomic E-state index is 12.9. The van der Waals surface area contributed by atoms with Crippen LogP contribution >= 0.6 is 0 Å². The molecule has 4 fully saturated rings. The van der Waals surface area contributed by atoms with Gasteiger partial charge in [0.2, 0.25) is 0 Å². The van der Waals surface area contributed by atoms with E-state index in [1.807, 2.05) is 6.92 Å². The van der Waals surface area contributed by atoms with Gasteiger partial charge >= 0.3 is 5.97 Å². The lowest BCUT2D eigenvalue weighted by molar-refractivity contribution is -0.157. The van der Waals surface area contributed by atoms with E-state index in [4.69, 9.17) is 4.74 Å². The summed E-state index contributed by atoms with van der Waals surface area (Å²) < 4.78 is 5.40. The highest BCUT2D eigenvalue weighted by atomic mass is 16.5. The van der Waals surface area contributed by atoms with Crippen LogP contribution in [0.15, 0.2) is 4.79 Å². The number of aromatic amines is 1. The number of hydrogen-bond acceptors (Lipinski definition) is 5. The summed E-state index contributed by atoms with van der Waals surface area (Å²) in [5.74, 6) is 1.96. The Morgan fingerprint density at radius 1 is 1.14 bits per heavy atom. The minimum Gasteiger partial charge on any atom is -0.466 e. The maximum atomic E-state index is 12.9. The fraction of sp³-hybridized carbons (Fsp3) is 0.727. The number of hydrogen-bond donors (Lipinski definition) is 2. The van der Waals surface area contributed by atoms with Gasteiger partial charge in [0.25, 0.3) is 11.5 Å². The fourth-order valence-electron chi connectivity index (χ4n) is 6.44. The second-order valence-corrected chi connectivity index (χ2v) is 9.21. The number of carbonyl (C=O) groups excluding carboxylic acids is 2. The van der Waals surface area contributed by atoms with Gasteiger partial charge in [-0.15, -0.1) is 0 Å². The summed E-state index contributed by atoms with van der Waals surface area (Å²) in [4.78, 5) is 37.8.